The molecule has 2 aliphatic carbocycles. The normalized spacial score (nSPS) is 38.4. The van der Waals surface area contributed by atoms with Gasteiger partial charge in [0.15, 0.2) is 0 Å². The van der Waals surface area contributed by atoms with Crippen LogP contribution in [0, 0.1) is 34.5 Å². The van der Waals surface area contributed by atoms with Gasteiger partial charge in [0.25, 0.3) is 0 Å². The van der Waals surface area contributed by atoms with Gasteiger partial charge in [0, 0.05) is 5.41 Å². The van der Waals surface area contributed by atoms with Crippen LogP contribution in [0.25, 0.3) is 0 Å². The minimum Gasteiger partial charge on any atom is -0.480 e. The second-order valence-electron chi connectivity index (χ2n) is 5.15. The van der Waals surface area contributed by atoms with Crippen molar-refractivity contribution in [2.75, 3.05) is 6.16 Å². The predicted molar refractivity (Wildman–Crippen MR) is 63.5 cm³/mol. The third-order valence-corrected chi connectivity index (χ3v) is 5.18. The maximum atomic E-state index is 11.2. The van der Waals surface area contributed by atoms with Crippen molar-refractivity contribution in [3.63, 3.8) is 0 Å². The fraction of sp³-hybridized carbons (Fsp3) is 0.750. The van der Waals surface area contributed by atoms with Crippen molar-refractivity contribution >= 4 is 20.5 Å². The molecule has 0 bridgehead atoms. The second-order valence-corrected chi connectivity index (χ2v) is 5.91. The number of nitriles is 1. The first-order valence-corrected chi connectivity index (χ1v) is 6.94. The van der Waals surface area contributed by atoms with E-state index in [0.29, 0.717) is 11.8 Å². The van der Waals surface area contributed by atoms with E-state index in [1.54, 1.807) is 0 Å². The van der Waals surface area contributed by atoms with E-state index >= 15 is 0 Å². The Morgan fingerprint density at radius 1 is 1.56 bits per heavy atom. The molecule has 2 aliphatic rings. The average molecular weight is 237 g/mol. The Hall–Kier alpha value is -0.870. The van der Waals surface area contributed by atoms with Crippen LogP contribution in [0.1, 0.15) is 25.7 Å². The first-order chi connectivity index (χ1) is 7.63. The molecular formula is C12H16NO2P. The Kier molecular flexibility index (Phi) is 3.04. The molecule has 0 aliphatic heterocycles. The van der Waals surface area contributed by atoms with Gasteiger partial charge in [-0.25, -0.2) is 0 Å². The van der Waals surface area contributed by atoms with Crippen LogP contribution in [0.2, 0.25) is 0 Å². The van der Waals surface area contributed by atoms with Gasteiger partial charge in [0.2, 0.25) is 0 Å². The number of hydrogen-bond donors (Lipinski definition) is 1. The number of nitrogens with zero attached hydrogens (tertiary/aromatic N) is 1. The van der Waals surface area contributed by atoms with Gasteiger partial charge in [-0.3, -0.25) is 4.79 Å². The van der Waals surface area contributed by atoms with E-state index in [9.17, 15) is 9.90 Å². The highest BCUT2D eigenvalue weighted by molar-refractivity contribution is 7.36. The number of carboxylic acids is 1. The third-order valence-electron chi connectivity index (χ3n) is 4.33. The van der Waals surface area contributed by atoms with Gasteiger partial charge in [-0.05, 0) is 43.7 Å². The van der Waals surface area contributed by atoms with Crippen molar-refractivity contribution in [1.29, 1.82) is 5.26 Å². The van der Waals surface area contributed by atoms with Crippen molar-refractivity contribution in [2.45, 2.75) is 25.7 Å². The summed E-state index contributed by atoms with van der Waals surface area (Å²) in [5.41, 5.74) is -0.296. The molecule has 4 heteroatoms. The zero-order valence-electron chi connectivity index (χ0n) is 9.22. The minimum absolute atomic E-state index is 0.296. The summed E-state index contributed by atoms with van der Waals surface area (Å²) in [6, 6.07) is 2.01. The number of fused-ring (bicyclic) bond motifs is 1. The van der Waals surface area contributed by atoms with Crippen LogP contribution >= 0.6 is 8.20 Å². The van der Waals surface area contributed by atoms with E-state index in [0.717, 1.165) is 27.2 Å². The smallest absolute Gasteiger partial charge is 0.321 e. The van der Waals surface area contributed by atoms with Crippen LogP contribution < -0.4 is 0 Å². The fourth-order valence-corrected chi connectivity index (χ4v) is 4.32. The number of rotatable bonds is 4. The zero-order valence-corrected chi connectivity index (χ0v) is 10.1. The lowest BCUT2D eigenvalue weighted by Crippen LogP contribution is -2.34. The molecule has 86 valence electrons. The SMILES string of the molecule is C=PCC1(C(C#N)C(=O)O)C[C@H]2CC[C@H]2C1. The van der Waals surface area contributed by atoms with Gasteiger partial charge in [-0.2, -0.15) is 5.26 Å². The fourth-order valence-electron chi connectivity index (χ4n) is 3.44. The molecule has 16 heavy (non-hydrogen) atoms. The van der Waals surface area contributed by atoms with Gasteiger partial charge in [-0.1, -0.05) is 6.30 Å². The van der Waals surface area contributed by atoms with Crippen LogP contribution in [0.5, 0.6) is 0 Å². The van der Waals surface area contributed by atoms with Gasteiger partial charge in [-0.15, -0.1) is 8.20 Å². The average Bonchev–Trinajstić information content (AvgIpc) is 2.44. The summed E-state index contributed by atoms with van der Waals surface area (Å²) in [5, 5.41) is 18.3. The van der Waals surface area contributed by atoms with Crippen molar-refractivity contribution in [3.8, 4) is 6.07 Å². The van der Waals surface area contributed by atoms with Crippen LogP contribution in [0.4, 0.5) is 0 Å². The van der Waals surface area contributed by atoms with E-state index in [2.05, 4.69) is 6.30 Å². The number of carboxylic acid groups (broad SMARTS) is 1. The van der Waals surface area contributed by atoms with Gasteiger partial charge in [0.05, 0.1) is 6.07 Å². The van der Waals surface area contributed by atoms with Crippen LogP contribution in [0.15, 0.2) is 0 Å². The second kappa shape index (κ2) is 4.18. The Balaban J connectivity index is 2.25. The molecule has 0 aromatic carbocycles. The Bertz CT molecular complexity index is 349. The molecule has 0 aromatic rings. The van der Waals surface area contributed by atoms with Crippen molar-refractivity contribution in [1.82, 2.24) is 0 Å². The summed E-state index contributed by atoms with van der Waals surface area (Å²) in [7, 11) is 0.960. The van der Waals surface area contributed by atoms with E-state index in [1.165, 1.54) is 12.8 Å². The van der Waals surface area contributed by atoms with E-state index in [-0.39, 0.29) is 5.41 Å². The highest BCUT2D eigenvalue weighted by Crippen LogP contribution is 2.59. The Morgan fingerprint density at radius 3 is 2.44 bits per heavy atom. The summed E-state index contributed by atoms with van der Waals surface area (Å²) < 4.78 is 0. The number of carbonyl (C=O) groups is 1. The Labute approximate surface area is 97.3 Å². The summed E-state index contributed by atoms with van der Waals surface area (Å²) in [5.74, 6) is -0.436. The summed E-state index contributed by atoms with van der Waals surface area (Å²) in [4.78, 5) is 11.2. The van der Waals surface area contributed by atoms with Crippen LogP contribution in [0.3, 0.4) is 0 Å². The van der Waals surface area contributed by atoms with Gasteiger partial charge in [0.1, 0.15) is 5.92 Å². The zero-order chi connectivity index (χ0) is 11.8. The summed E-state index contributed by atoms with van der Waals surface area (Å²) in [6.07, 6.45) is 8.85. The molecule has 2 rings (SSSR count). The third kappa shape index (κ3) is 1.66. The monoisotopic (exact) mass is 237 g/mol. The van der Waals surface area contributed by atoms with Crippen LogP contribution in [-0.4, -0.2) is 23.5 Å². The molecule has 4 atom stereocenters. The van der Waals surface area contributed by atoms with E-state index in [1.807, 2.05) is 6.07 Å². The first kappa shape index (κ1) is 11.6. The molecule has 0 radical (unpaired) electrons. The molecule has 2 fully saturated rings. The first-order valence-electron chi connectivity index (χ1n) is 5.68. The van der Waals surface area contributed by atoms with Gasteiger partial charge < -0.3 is 5.11 Å². The highest BCUT2D eigenvalue weighted by Gasteiger charge is 2.54. The quantitative estimate of drug-likeness (QED) is 0.763. The maximum Gasteiger partial charge on any atom is 0.321 e. The highest BCUT2D eigenvalue weighted by atomic mass is 31.1. The van der Waals surface area contributed by atoms with Crippen molar-refractivity contribution < 1.29 is 9.90 Å². The van der Waals surface area contributed by atoms with Crippen molar-refractivity contribution in [3.05, 3.63) is 0 Å². The molecule has 3 nitrogen and oxygen atoms in total. The van der Waals surface area contributed by atoms with E-state index < -0.39 is 11.9 Å². The molecule has 0 heterocycles. The lowest BCUT2D eigenvalue weighted by Gasteiger charge is -2.29. The summed E-state index contributed by atoms with van der Waals surface area (Å²) in [6.45, 7) is 0. The number of hydrogen-bond acceptors (Lipinski definition) is 2. The summed E-state index contributed by atoms with van der Waals surface area (Å²) >= 11 is 0. The molecule has 1 N–H and O–H groups in total. The van der Waals surface area contributed by atoms with Crippen molar-refractivity contribution in [2.24, 2.45) is 23.2 Å². The molecule has 0 saturated heterocycles. The standard InChI is InChI=1S/C12H16NO2P/c1-16-7-12(10(6-13)11(14)15)4-8-2-3-9(8)5-12/h8-10H,1-5,7H2,(H,14,15)/t8-,9+,10?,12?. The molecule has 0 spiro atoms. The van der Waals surface area contributed by atoms with E-state index in [4.69, 9.17) is 5.26 Å². The predicted octanol–water partition coefficient (Wildman–Crippen LogP) is 2.40. The minimum atomic E-state index is -0.951. The molecule has 0 aromatic heterocycles. The molecular weight excluding hydrogens is 221 g/mol. The molecule has 2 unspecified atom stereocenters. The molecule has 0 amide bonds. The lowest BCUT2D eigenvalue weighted by atomic mass is 9.75. The molecule has 2 saturated carbocycles. The maximum absolute atomic E-state index is 11.2. The van der Waals surface area contributed by atoms with Crippen LogP contribution in [-0.2, 0) is 4.79 Å². The lowest BCUT2D eigenvalue weighted by molar-refractivity contribution is -0.143. The largest absolute Gasteiger partial charge is 0.480 e. The van der Waals surface area contributed by atoms with Gasteiger partial charge >= 0.3 is 5.97 Å². The Morgan fingerprint density at radius 2 is 2.12 bits per heavy atom. The topological polar surface area (TPSA) is 61.1 Å². The number of aliphatic carboxylic acids is 1.